The highest BCUT2D eigenvalue weighted by Crippen LogP contribution is 2.20. The van der Waals surface area contributed by atoms with Crippen molar-refractivity contribution in [3.63, 3.8) is 0 Å². The molecule has 0 aliphatic rings. The number of hydrogen-bond donors (Lipinski definition) is 3. The van der Waals surface area contributed by atoms with Gasteiger partial charge in [-0.15, -0.1) is 0 Å². The summed E-state index contributed by atoms with van der Waals surface area (Å²) in [5.74, 6) is 0. The molecule has 20 heavy (non-hydrogen) atoms. The Morgan fingerprint density at radius 3 is 2.35 bits per heavy atom. The third kappa shape index (κ3) is 3.73. The molecule has 0 bridgehead atoms. The molecule has 0 saturated heterocycles. The number of hydrogen-bond acceptors (Lipinski definition) is 4. The average Bonchev–Trinajstić information content (AvgIpc) is 2.53. The number of rotatable bonds is 6. The lowest BCUT2D eigenvalue weighted by Gasteiger charge is -2.13. The Bertz CT molecular complexity index is 540. The number of nitrogens with one attached hydrogen (secondary N) is 2. The molecule has 0 aliphatic carbocycles. The molecule has 0 saturated carbocycles. The topological polar surface area (TPSA) is 53.5 Å². The summed E-state index contributed by atoms with van der Waals surface area (Å²) in [7, 11) is 3.72. The maximum absolute atomic E-state index is 10.0. The van der Waals surface area contributed by atoms with E-state index in [9.17, 15) is 5.11 Å². The molecule has 4 nitrogen and oxygen atoms in total. The lowest BCUT2D eigenvalue weighted by atomic mass is 10.2. The van der Waals surface area contributed by atoms with E-state index in [1.165, 1.54) is 0 Å². The summed E-state index contributed by atoms with van der Waals surface area (Å²) in [4.78, 5) is 0. The van der Waals surface area contributed by atoms with E-state index in [2.05, 4.69) is 10.6 Å². The van der Waals surface area contributed by atoms with Gasteiger partial charge in [-0.05, 0) is 29.8 Å². The number of ether oxygens (including phenoxy) is 1. The Morgan fingerprint density at radius 1 is 1.00 bits per heavy atom. The van der Waals surface area contributed by atoms with Gasteiger partial charge >= 0.3 is 0 Å². The highest BCUT2D eigenvalue weighted by molar-refractivity contribution is 5.45. The van der Waals surface area contributed by atoms with Crippen molar-refractivity contribution in [2.24, 2.45) is 0 Å². The Hall–Kier alpha value is -2.04. The van der Waals surface area contributed by atoms with Crippen molar-refractivity contribution in [1.29, 1.82) is 0 Å². The monoisotopic (exact) mass is 272 g/mol. The Kier molecular flexibility index (Phi) is 4.98. The molecule has 2 aromatic rings. The number of anilines is 2. The quantitative estimate of drug-likeness (QED) is 0.708. The van der Waals surface area contributed by atoms with Crippen LogP contribution in [0.25, 0.3) is 0 Å². The molecule has 0 amide bonds. The molecule has 0 aliphatic heterocycles. The fourth-order valence-electron chi connectivity index (χ4n) is 1.89. The zero-order valence-corrected chi connectivity index (χ0v) is 11.8. The second-order valence-electron chi connectivity index (χ2n) is 4.49. The standard InChI is InChI=1S/C16H20N2O2/c1-17-14-8-6-12(7-9-14)11-20-16(19)13-4-3-5-15(10-13)18-2/h3-10,16-19H,11H2,1-2H3. The van der Waals surface area contributed by atoms with Crippen molar-refractivity contribution >= 4 is 11.4 Å². The van der Waals surface area contributed by atoms with Crippen LogP contribution < -0.4 is 10.6 Å². The molecule has 3 N–H and O–H groups in total. The van der Waals surface area contributed by atoms with Gasteiger partial charge in [0.15, 0.2) is 6.29 Å². The summed E-state index contributed by atoms with van der Waals surface area (Å²) in [5.41, 5.74) is 3.76. The van der Waals surface area contributed by atoms with E-state index in [1.54, 1.807) is 0 Å². The van der Waals surface area contributed by atoms with E-state index in [0.717, 1.165) is 22.5 Å². The maximum atomic E-state index is 10.0. The number of benzene rings is 2. The highest BCUT2D eigenvalue weighted by atomic mass is 16.6. The minimum Gasteiger partial charge on any atom is -0.388 e. The van der Waals surface area contributed by atoms with Crippen LogP contribution >= 0.6 is 0 Å². The molecule has 106 valence electrons. The number of aliphatic hydroxyl groups excluding tert-OH is 1. The van der Waals surface area contributed by atoms with Crippen molar-refractivity contribution in [3.8, 4) is 0 Å². The Labute approximate surface area is 119 Å². The van der Waals surface area contributed by atoms with Crippen LogP contribution in [0.4, 0.5) is 11.4 Å². The minimum atomic E-state index is -0.924. The first-order valence-corrected chi connectivity index (χ1v) is 6.57. The first-order chi connectivity index (χ1) is 9.72. The van der Waals surface area contributed by atoms with Gasteiger partial charge in [0.2, 0.25) is 0 Å². The molecule has 0 radical (unpaired) electrons. The molecule has 0 spiro atoms. The van der Waals surface area contributed by atoms with Crippen LogP contribution in [-0.4, -0.2) is 19.2 Å². The van der Waals surface area contributed by atoms with Crippen molar-refractivity contribution < 1.29 is 9.84 Å². The summed E-state index contributed by atoms with van der Waals surface area (Å²) in [5, 5.41) is 16.1. The normalized spacial score (nSPS) is 11.9. The largest absolute Gasteiger partial charge is 0.388 e. The van der Waals surface area contributed by atoms with E-state index in [-0.39, 0.29) is 0 Å². The van der Waals surface area contributed by atoms with Crippen LogP contribution in [0.15, 0.2) is 48.5 Å². The Balaban J connectivity index is 1.95. The van der Waals surface area contributed by atoms with Crippen LogP contribution in [-0.2, 0) is 11.3 Å². The maximum Gasteiger partial charge on any atom is 0.181 e. The highest BCUT2D eigenvalue weighted by Gasteiger charge is 2.08. The van der Waals surface area contributed by atoms with Crippen molar-refractivity contribution in [3.05, 3.63) is 59.7 Å². The van der Waals surface area contributed by atoms with Crippen LogP contribution in [0, 0.1) is 0 Å². The van der Waals surface area contributed by atoms with Gasteiger partial charge < -0.3 is 20.5 Å². The van der Waals surface area contributed by atoms with Crippen LogP contribution in [0.1, 0.15) is 17.4 Å². The van der Waals surface area contributed by atoms with E-state index in [1.807, 2.05) is 62.6 Å². The summed E-state index contributed by atoms with van der Waals surface area (Å²) in [6.45, 7) is 0.370. The molecule has 1 unspecified atom stereocenters. The first-order valence-electron chi connectivity index (χ1n) is 6.57. The molecule has 1 atom stereocenters. The van der Waals surface area contributed by atoms with Crippen LogP contribution in [0.2, 0.25) is 0 Å². The zero-order valence-electron chi connectivity index (χ0n) is 11.8. The van der Waals surface area contributed by atoms with Gasteiger partial charge in [-0.2, -0.15) is 0 Å². The molecule has 2 aromatic carbocycles. The van der Waals surface area contributed by atoms with Crippen molar-refractivity contribution in [1.82, 2.24) is 0 Å². The molecular formula is C16H20N2O2. The summed E-state index contributed by atoms with van der Waals surface area (Å²) in [6.07, 6.45) is -0.924. The summed E-state index contributed by atoms with van der Waals surface area (Å²) >= 11 is 0. The molecule has 0 aromatic heterocycles. The van der Waals surface area contributed by atoms with Gasteiger partial charge in [0.05, 0.1) is 6.61 Å². The predicted molar refractivity (Wildman–Crippen MR) is 81.7 cm³/mol. The fraction of sp³-hybridized carbons (Fsp3) is 0.250. The van der Waals surface area contributed by atoms with Gasteiger partial charge in [0.25, 0.3) is 0 Å². The predicted octanol–water partition coefficient (Wildman–Crippen LogP) is 2.98. The van der Waals surface area contributed by atoms with Gasteiger partial charge in [0.1, 0.15) is 0 Å². The molecular weight excluding hydrogens is 252 g/mol. The third-order valence-corrected chi connectivity index (χ3v) is 3.11. The van der Waals surface area contributed by atoms with Crippen LogP contribution in [0.5, 0.6) is 0 Å². The SMILES string of the molecule is CNc1ccc(COC(O)c2cccc(NC)c2)cc1. The molecule has 2 rings (SSSR count). The molecule has 0 fully saturated rings. The fourth-order valence-corrected chi connectivity index (χ4v) is 1.89. The molecule has 0 heterocycles. The van der Waals surface area contributed by atoms with E-state index in [4.69, 9.17) is 4.74 Å². The van der Waals surface area contributed by atoms with Crippen molar-refractivity contribution in [2.45, 2.75) is 12.9 Å². The second-order valence-corrected chi connectivity index (χ2v) is 4.49. The van der Waals surface area contributed by atoms with Crippen LogP contribution in [0.3, 0.4) is 0 Å². The van der Waals surface area contributed by atoms with Crippen molar-refractivity contribution in [2.75, 3.05) is 24.7 Å². The minimum absolute atomic E-state index is 0.370. The van der Waals surface area contributed by atoms with E-state index < -0.39 is 6.29 Å². The Morgan fingerprint density at radius 2 is 1.70 bits per heavy atom. The van der Waals surface area contributed by atoms with Gasteiger partial charge in [0, 0.05) is 31.0 Å². The third-order valence-electron chi connectivity index (χ3n) is 3.11. The lowest BCUT2D eigenvalue weighted by Crippen LogP contribution is -2.04. The summed E-state index contributed by atoms with van der Waals surface area (Å²) < 4.78 is 5.49. The lowest BCUT2D eigenvalue weighted by molar-refractivity contribution is -0.111. The van der Waals surface area contributed by atoms with Gasteiger partial charge in [-0.1, -0.05) is 24.3 Å². The zero-order chi connectivity index (χ0) is 14.4. The van der Waals surface area contributed by atoms with E-state index in [0.29, 0.717) is 6.61 Å². The average molecular weight is 272 g/mol. The molecule has 4 heteroatoms. The summed E-state index contributed by atoms with van der Waals surface area (Å²) in [6, 6.07) is 15.4. The smallest absolute Gasteiger partial charge is 0.181 e. The van der Waals surface area contributed by atoms with E-state index >= 15 is 0 Å². The second kappa shape index (κ2) is 6.93. The first kappa shape index (κ1) is 14.4. The van der Waals surface area contributed by atoms with Gasteiger partial charge in [-0.3, -0.25) is 0 Å². The van der Waals surface area contributed by atoms with Gasteiger partial charge in [-0.25, -0.2) is 0 Å². The number of aliphatic hydroxyl groups is 1.